The van der Waals surface area contributed by atoms with Crippen molar-refractivity contribution in [2.24, 2.45) is 10.7 Å². The lowest BCUT2D eigenvalue weighted by atomic mass is 10.1. The number of rotatable bonds is 6. The molecule has 0 aliphatic heterocycles. The minimum Gasteiger partial charge on any atom is -0.370 e. The van der Waals surface area contributed by atoms with Crippen LogP contribution in [0.1, 0.15) is 50.5 Å². The Hall–Kier alpha value is -1.56. The number of nitrogens with two attached hydrogens (primary N) is 1. The summed E-state index contributed by atoms with van der Waals surface area (Å²) in [5.41, 5.74) is 7.06. The first-order chi connectivity index (χ1) is 12.1. The van der Waals surface area contributed by atoms with E-state index in [4.69, 9.17) is 5.73 Å². The quantitative estimate of drug-likeness (QED) is 0.430. The molecule has 0 atom stereocenters. The summed E-state index contributed by atoms with van der Waals surface area (Å²) in [7, 11) is 1.82. The zero-order valence-corrected chi connectivity index (χ0v) is 16.6. The number of carbonyl (C=O) groups excluding carboxylic acids is 1. The summed E-state index contributed by atoms with van der Waals surface area (Å²) < 4.78 is 1.02. The number of hydrogen-bond acceptors (Lipinski definition) is 2. The van der Waals surface area contributed by atoms with Gasteiger partial charge in [0, 0.05) is 30.5 Å². The number of benzene rings is 1. The maximum absolute atomic E-state index is 12.3. The monoisotopic (exact) mass is 408 g/mol. The Morgan fingerprint density at radius 1 is 1.28 bits per heavy atom. The average Bonchev–Trinajstić information content (AvgIpc) is 2.85. The van der Waals surface area contributed by atoms with Crippen LogP contribution in [0.4, 0.5) is 0 Å². The molecule has 1 aliphatic rings. The number of nitrogens with one attached hydrogen (secondary N) is 1. The SMILES string of the molecule is CN(Cc1ccccc1Br)C(=O)CCN=C(N)NC1CCCCCC1. The van der Waals surface area contributed by atoms with E-state index < -0.39 is 0 Å². The third-order valence-electron chi connectivity index (χ3n) is 4.61. The summed E-state index contributed by atoms with van der Waals surface area (Å²) in [6.07, 6.45) is 7.81. The molecule has 0 bridgehead atoms. The molecule has 0 spiro atoms. The summed E-state index contributed by atoms with van der Waals surface area (Å²) >= 11 is 3.51. The van der Waals surface area contributed by atoms with Crippen molar-refractivity contribution in [2.75, 3.05) is 13.6 Å². The first kappa shape index (κ1) is 19.8. The van der Waals surface area contributed by atoms with E-state index in [-0.39, 0.29) is 5.91 Å². The summed E-state index contributed by atoms with van der Waals surface area (Å²) in [6.45, 7) is 1.00. The van der Waals surface area contributed by atoms with Crippen LogP contribution in [-0.4, -0.2) is 36.4 Å². The van der Waals surface area contributed by atoms with Gasteiger partial charge in [-0.25, -0.2) is 0 Å². The van der Waals surface area contributed by atoms with Crippen molar-refractivity contribution in [3.8, 4) is 0 Å². The van der Waals surface area contributed by atoms with Gasteiger partial charge in [-0.2, -0.15) is 0 Å². The van der Waals surface area contributed by atoms with Gasteiger partial charge in [0.2, 0.25) is 5.91 Å². The Labute approximate surface area is 159 Å². The molecule has 1 aromatic rings. The first-order valence-electron chi connectivity index (χ1n) is 9.10. The van der Waals surface area contributed by atoms with Gasteiger partial charge >= 0.3 is 0 Å². The van der Waals surface area contributed by atoms with Gasteiger partial charge in [0.15, 0.2) is 5.96 Å². The van der Waals surface area contributed by atoms with Crippen molar-refractivity contribution in [2.45, 2.75) is 57.5 Å². The largest absolute Gasteiger partial charge is 0.370 e. The molecule has 2 rings (SSSR count). The van der Waals surface area contributed by atoms with Gasteiger partial charge in [0.05, 0.1) is 6.54 Å². The number of amides is 1. The Balaban J connectivity index is 1.73. The van der Waals surface area contributed by atoms with Crippen LogP contribution in [0, 0.1) is 0 Å². The number of guanidine groups is 1. The van der Waals surface area contributed by atoms with Crippen molar-refractivity contribution in [3.63, 3.8) is 0 Å². The molecule has 25 heavy (non-hydrogen) atoms. The maximum atomic E-state index is 12.3. The third kappa shape index (κ3) is 7.06. The van der Waals surface area contributed by atoms with Crippen LogP contribution in [0.15, 0.2) is 33.7 Å². The lowest BCUT2D eigenvalue weighted by Gasteiger charge is -2.18. The molecule has 0 radical (unpaired) electrons. The van der Waals surface area contributed by atoms with E-state index in [1.54, 1.807) is 4.90 Å². The van der Waals surface area contributed by atoms with E-state index in [1.807, 2.05) is 31.3 Å². The summed E-state index contributed by atoms with van der Waals surface area (Å²) in [4.78, 5) is 18.3. The molecular weight excluding hydrogens is 380 g/mol. The molecule has 0 aromatic heterocycles. The fourth-order valence-corrected chi connectivity index (χ4v) is 3.52. The van der Waals surface area contributed by atoms with E-state index in [0.29, 0.717) is 31.5 Å². The highest BCUT2D eigenvalue weighted by atomic mass is 79.9. The first-order valence-corrected chi connectivity index (χ1v) is 9.89. The lowest BCUT2D eigenvalue weighted by molar-refractivity contribution is -0.130. The van der Waals surface area contributed by atoms with Gasteiger partial charge in [-0.05, 0) is 24.5 Å². The number of nitrogens with zero attached hydrogens (tertiary/aromatic N) is 2. The summed E-state index contributed by atoms with van der Waals surface area (Å²) in [5.74, 6) is 0.537. The van der Waals surface area contributed by atoms with Crippen molar-refractivity contribution in [1.29, 1.82) is 0 Å². The summed E-state index contributed by atoms with van der Waals surface area (Å²) in [6, 6.07) is 8.37. The van der Waals surface area contributed by atoms with Gasteiger partial charge in [-0.15, -0.1) is 0 Å². The Morgan fingerprint density at radius 2 is 1.96 bits per heavy atom. The molecule has 0 unspecified atom stereocenters. The van der Waals surface area contributed by atoms with Crippen LogP contribution in [0.25, 0.3) is 0 Å². The van der Waals surface area contributed by atoms with Crippen LogP contribution in [0.5, 0.6) is 0 Å². The molecule has 5 nitrogen and oxygen atoms in total. The minimum atomic E-state index is 0.0711. The Kier molecular flexibility index (Phi) is 8.25. The zero-order chi connectivity index (χ0) is 18.1. The second kappa shape index (κ2) is 10.4. The fourth-order valence-electron chi connectivity index (χ4n) is 3.11. The van der Waals surface area contributed by atoms with Gasteiger partial charge in [0.25, 0.3) is 0 Å². The highest BCUT2D eigenvalue weighted by molar-refractivity contribution is 9.10. The molecule has 6 heteroatoms. The number of halogens is 1. The predicted molar refractivity (Wildman–Crippen MR) is 106 cm³/mol. The van der Waals surface area contributed by atoms with Gasteiger partial charge in [-0.3, -0.25) is 9.79 Å². The smallest absolute Gasteiger partial charge is 0.224 e. The van der Waals surface area contributed by atoms with Crippen LogP contribution >= 0.6 is 15.9 Å². The molecule has 0 saturated heterocycles. The topological polar surface area (TPSA) is 70.7 Å². The van der Waals surface area contributed by atoms with Crippen LogP contribution in [0.2, 0.25) is 0 Å². The molecule has 0 heterocycles. The fraction of sp³-hybridized carbons (Fsp3) is 0.579. The lowest BCUT2D eigenvalue weighted by Crippen LogP contribution is -2.40. The minimum absolute atomic E-state index is 0.0711. The molecule has 1 amide bonds. The average molecular weight is 409 g/mol. The van der Waals surface area contributed by atoms with Crippen molar-refractivity contribution in [1.82, 2.24) is 10.2 Å². The molecule has 3 N–H and O–H groups in total. The molecular formula is C19H29BrN4O. The van der Waals surface area contributed by atoms with E-state index in [1.165, 1.54) is 25.7 Å². The number of aliphatic imine (C=N–C) groups is 1. The Morgan fingerprint density at radius 3 is 2.64 bits per heavy atom. The van der Waals surface area contributed by atoms with E-state index in [2.05, 4.69) is 26.2 Å². The second-order valence-corrected chi connectivity index (χ2v) is 7.55. The molecule has 1 fully saturated rings. The molecule has 1 aromatic carbocycles. The van der Waals surface area contributed by atoms with Gasteiger partial charge in [-0.1, -0.05) is 59.8 Å². The summed E-state index contributed by atoms with van der Waals surface area (Å²) in [5, 5.41) is 3.31. The molecule has 1 aliphatic carbocycles. The highest BCUT2D eigenvalue weighted by Crippen LogP contribution is 2.18. The zero-order valence-electron chi connectivity index (χ0n) is 15.0. The number of carbonyl (C=O) groups is 1. The van der Waals surface area contributed by atoms with Crippen LogP contribution in [-0.2, 0) is 11.3 Å². The van der Waals surface area contributed by atoms with Gasteiger partial charge < -0.3 is 16.0 Å². The number of hydrogen-bond donors (Lipinski definition) is 2. The van der Waals surface area contributed by atoms with Crippen LogP contribution < -0.4 is 11.1 Å². The van der Waals surface area contributed by atoms with Gasteiger partial charge in [0.1, 0.15) is 0 Å². The third-order valence-corrected chi connectivity index (χ3v) is 5.38. The molecule has 1 saturated carbocycles. The maximum Gasteiger partial charge on any atom is 0.224 e. The molecule has 138 valence electrons. The van der Waals surface area contributed by atoms with E-state index >= 15 is 0 Å². The van der Waals surface area contributed by atoms with Crippen molar-refractivity contribution < 1.29 is 4.79 Å². The van der Waals surface area contributed by atoms with Crippen molar-refractivity contribution >= 4 is 27.8 Å². The highest BCUT2D eigenvalue weighted by Gasteiger charge is 2.13. The second-order valence-electron chi connectivity index (χ2n) is 6.69. The van der Waals surface area contributed by atoms with E-state index in [0.717, 1.165) is 22.9 Å². The predicted octanol–water partition coefficient (Wildman–Crippen LogP) is 3.42. The van der Waals surface area contributed by atoms with E-state index in [9.17, 15) is 4.79 Å². The van der Waals surface area contributed by atoms with Crippen LogP contribution in [0.3, 0.4) is 0 Å². The van der Waals surface area contributed by atoms with Crippen molar-refractivity contribution in [3.05, 3.63) is 34.3 Å². The standard InChI is InChI=1S/C19H29BrN4O/c1-24(14-15-8-6-7-11-17(15)20)18(25)12-13-22-19(21)23-16-9-4-2-3-5-10-16/h6-8,11,16H,2-5,9-10,12-14H2,1H3,(H3,21,22,23). The Bertz CT molecular complexity index is 583. The normalized spacial score (nSPS) is 16.3.